The Morgan fingerprint density at radius 3 is 2.43 bits per heavy atom. The van der Waals surface area contributed by atoms with E-state index in [0.29, 0.717) is 12.8 Å². The van der Waals surface area contributed by atoms with Crippen LogP contribution >= 0.6 is 0 Å². The summed E-state index contributed by atoms with van der Waals surface area (Å²) >= 11 is 0. The first-order chi connectivity index (χ1) is 13.6. The smallest absolute Gasteiger partial charge is 0.228 e. The Kier molecular flexibility index (Phi) is 5.33. The Hall–Kier alpha value is -2.82. The van der Waals surface area contributed by atoms with E-state index in [4.69, 9.17) is 0 Å². The molecule has 0 aromatic heterocycles. The van der Waals surface area contributed by atoms with Gasteiger partial charge in [0.25, 0.3) is 0 Å². The van der Waals surface area contributed by atoms with Crippen molar-refractivity contribution in [3.05, 3.63) is 59.2 Å². The van der Waals surface area contributed by atoms with E-state index in [0.717, 1.165) is 56.0 Å². The molecule has 0 unspecified atom stereocenters. The summed E-state index contributed by atoms with van der Waals surface area (Å²) in [6, 6.07) is 14.7. The Balaban J connectivity index is 1.28. The van der Waals surface area contributed by atoms with Crippen LogP contribution in [0.2, 0.25) is 0 Å². The highest BCUT2D eigenvalue weighted by molar-refractivity contribution is 5.99. The van der Waals surface area contributed by atoms with Gasteiger partial charge in [0.15, 0.2) is 0 Å². The van der Waals surface area contributed by atoms with Gasteiger partial charge in [-0.15, -0.1) is 0 Å². The van der Waals surface area contributed by atoms with Gasteiger partial charge in [-0.3, -0.25) is 9.59 Å². The third-order valence-corrected chi connectivity index (χ3v) is 5.77. The molecular weight excluding hydrogens is 350 g/mol. The number of amides is 2. The highest BCUT2D eigenvalue weighted by atomic mass is 16.2. The summed E-state index contributed by atoms with van der Waals surface area (Å²) in [6.07, 6.45) is 2.87. The van der Waals surface area contributed by atoms with Gasteiger partial charge in [-0.2, -0.15) is 0 Å². The molecule has 0 spiro atoms. The molecule has 1 N–H and O–H groups in total. The molecule has 0 saturated carbocycles. The first-order valence-electron chi connectivity index (χ1n) is 10.2. The number of hydrogen-bond acceptors (Lipinski definition) is 3. The molecule has 2 aliphatic heterocycles. The van der Waals surface area contributed by atoms with E-state index in [1.807, 2.05) is 11.0 Å². The molecule has 4 rings (SSSR count). The number of fused-ring (bicyclic) bond motifs is 1. The average Bonchev–Trinajstić information content (AvgIpc) is 3.11. The molecule has 146 valence electrons. The van der Waals surface area contributed by atoms with Crippen molar-refractivity contribution in [3.8, 4) is 0 Å². The van der Waals surface area contributed by atoms with Gasteiger partial charge in [-0.1, -0.05) is 31.2 Å². The topological polar surface area (TPSA) is 52.7 Å². The van der Waals surface area contributed by atoms with Crippen LogP contribution in [0.3, 0.4) is 0 Å². The van der Waals surface area contributed by atoms with Gasteiger partial charge in [-0.25, -0.2) is 0 Å². The highest BCUT2D eigenvalue weighted by Crippen LogP contribution is 2.28. The van der Waals surface area contributed by atoms with Crippen LogP contribution in [0.15, 0.2) is 42.5 Å². The maximum atomic E-state index is 12.6. The maximum Gasteiger partial charge on any atom is 0.228 e. The number of rotatable bonds is 5. The Morgan fingerprint density at radius 1 is 1.00 bits per heavy atom. The van der Waals surface area contributed by atoms with Crippen LogP contribution in [0.25, 0.3) is 0 Å². The second kappa shape index (κ2) is 8.05. The minimum atomic E-state index is 0.0619. The molecule has 2 aliphatic rings. The van der Waals surface area contributed by atoms with Gasteiger partial charge in [0.1, 0.15) is 0 Å². The summed E-state index contributed by atoms with van der Waals surface area (Å²) in [4.78, 5) is 28.4. The fourth-order valence-electron chi connectivity index (χ4n) is 3.98. The van der Waals surface area contributed by atoms with Crippen molar-refractivity contribution in [2.45, 2.75) is 32.6 Å². The van der Waals surface area contributed by atoms with Crippen LogP contribution in [0, 0.1) is 0 Å². The van der Waals surface area contributed by atoms with Crippen LogP contribution in [-0.2, 0) is 28.9 Å². The Labute approximate surface area is 166 Å². The third kappa shape index (κ3) is 4.03. The number of hydrogen-bond donors (Lipinski definition) is 1. The summed E-state index contributed by atoms with van der Waals surface area (Å²) < 4.78 is 0. The lowest BCUT2D eigenvalue weighted by molar-refractivity contribution is -0.131. The maximum absolute atomic E-state index is 12.6. The quantitative estimate of drug-likeness (QED) is 0.871. The van der Waals surface area contributed by atoms with E-state index >= 15 is 0 Å². The van der Waals surface area contributed by atoms with Crippen molar-refractivity contribution in [2.75, 3.05) is 36.4 Å². The number of carbonyl (C=O) groups is 2. The van der Waals surface area contributed by atoms with Crippen molar-refractivity contribution in [3.63, 3.8) is 0 Å². The molecule has 0 atom stereocenters. The molecule has 28 heavy (non-hydrogen) atoms. The number of nitrogens with zero attached hydrogens (tertiary/aromatic N) is 2. The van der Waals surface area contributed by atoms with Crippen molar-refractivity contribution in [2.24, 2.45) is 0 Å². The van der Waals surface area contributed by atoms with Gasteiger partial charge in [0, 0.05) is 44.0 Å². The summed E-state index contributed by atoms with van der Waals surface area (Å²) in [7, 11) is 0. The fourth-order valence-corrected chi connectivity index (χ4v) is 3.98. The number of benzene rings is 2. The number of nitrogens with one attached hydrogen (secondary N) is 1. The lowest BCUT2D eigenvalue weighted by Gasteiger charge is -2.36. The minimum absolute atomic E-state index is 0.0619. The molecule has 5 heteroatoms. The van der Waals surface area contributed by atoms with Crippen LogP contribution in [0.1, 0.15) is 30.0 Å². The van der Waals surface area contributed by atoms with E-state index in [2.05, 4.69) is 53.5 Å². The van der Waals surface area contributed by atoms with E-state index < -0.39 is 0 Å². The Morgan fingerprint density at radius 2 is 1.71 bits per heavy atom. The molecule has 1 fully saturated rings. The predicted molar refractivity (Wildman–Crippen MR) is 112 cm³/mol. The second-order valence-corrected chi connectivity index (χ2v) is 7.60. The SMILES string of the molecule is CCc1ccc(CCC(=O)N2CCN(c3ccc4c(c3)CC(=O)N4)CC2)cc1. The largest absolute Gasteiger partial charge is 0.368 e. The summed E-state index contributed by atoms with van der Waals surface area (Å²) in [5.41, 5.74) is 5.69. The van der Waals surface area contributed by atoms with Gasteiger partial charge in [0.05, 0.1) is 6.42 Å². The highest BCUT2D eigenvalue weighted by Gasteiger charge is 2.23. The summed E-state index contributed by atoms with van der Waals surface area (Å²) in [5, 5.41) is 2.87. The third-order valence-electron chi connectivity index (χ3n) is 5.77. The monoisotopic (exact) mass is 377 g/mol. The zero-order valence-electron chi connectivity index (χ0n) is 16.4. The first-order valence-corrected chi connectivity index (χ1v) is 10.2. The van der Waals surface area contributed by atoms with Gasteiger partial charge >= 0.3 is 0 Å². The zero-order valence-corrected chi connectivity index (χ0v) is 16.4. The lowest BCUT2D eigenvalue weighted by atomic mass is 10.1. The molecule has 0 radical (unpaired) electrons. The number of carbonyl (C=O) groups excluding carboxylic acids is 2. The molecule has 2 aromatic rings. The van der Waals surface area contributed by atoms with Crippen LogP contribution < -0.4 is 10.2 Å². The molecule has 1 saturated heterocycles. The van der Waals surface area contributed by atoms with Crippen LogP contribution in [0.4, 0.5) is 11.4 Å². The number of piperazine rings is 1. The summed E-state index contributed by atoms with van der Waals surface area (Å²) in [5.74, 6) is 0.301. The normalized spacial score (nSPS) is 16.1. The lowest BCUT2D eigenvalue weighted by Crippen LogP contribution is -2.48. The van der Waals surface area contributed by atoms with E-state index in [1.165, 1.54) is 11.1 Å². The standard InChI is InChI=1S/C23H27N3O2/c1-2-17-3-5-18(6-4-17)7-10-23(28)26-13-11-25(12-14-26)20-8-9-21-19(15-20)16-22(27)24-21/h3-6,8-9,15H,2,7,10-14,16H2,1H3,(H,24,27). The van der Waals surface area contributed by atoms with Crippen LogP contribution in [0.5, 0.6) is 0 Å². The van der Waals surface area contributed by atoms with E-state index in [-0.39, 0.29) is 11.8 Å². The van der Waals surface area contributed by atoms with Crippen molar-refractivity contribution in [1.29, 1.82) is 0 Å². The molecule has 2 amide bonds. The molecule has 5 nitrogen and oxygen atoms in total. The predicted octanol–water partition coefficient (Wildman–Crippen LogP) is 3.03. The van der Waals surface area contributed by atoms with Crippen LogP contribution in [-0.4, -0.2) is 42.9 Å². The second-order valence-electron chi connectivity index (χ2n) is 7.60. The Bertz CT molecular complexity index is 868. The summed E-state index contributed by atoms with van der Waals surface area (Å²) in [6.45, 7) is 5.31. The van der Waals surface area contributed by atoms with E-state index in [1.54, 1.807) is 0 Å². The molecule has 0 aliphatic carbocycles. The van der Waals surface area contributed by atoms with Gasteiger partial charge in [-0.05, 0) is 47.7 Å². The minimum Gasteiger partial charge on any atom is -0.368 e. The number of aryl methyl sites for hydroxylation is 2. The van der Waals surface area contributed by atoms with E-state index in [9.17, 15) is 9.59 Å². The van der Waals surface area contributed by atoms with Crippen molar-refractivity contribution < 1.29 is 9.59 Å². The number of anilines is 2. The molecule has 2 aromatic carbocycles. The van der Waals surface area contributed by atoms with Crippen molar-refractivity contribution >= 4 is 23.2 Å². The molecule has 2 heterocycles. The molecule has 0 bridgehead atoms. The zero-order chi connectivity index (χ0) is 19.5. The van der Waals surface area contributed by atoms with Gasteiger partial charge in [0.2, 0.25) is 11.8 Å². The molecular formula is C23H27N3O2. The van der Waals surface area contributed by atoms with Crippen molar-refractivity contribution in [1.82, 2.24) is 4.90 Å². The first kappa shape index (κ1) is 18.5. The average molecular weight is 377 g/mol. The fraction of sp³-hybridized carbons (Fsp3) is 0.391. The van der Waals surface area contributed by atoms with Gasteiger partial charge < -0.3 is 15.1 Å².